The SMILES string of the molecule is C[C@H]1CCCC[C@@]12NC(=O)N(CC(=O)c1c(-c3ccccc3)n(C)c3ccccc13)C2=O. The van der Waals surface area contributed by atoms with Gasteiger partial charge in [0.2, 0.25) is 0 Å². The Kier molecular flexibility index (Phi) is 4.88. The summed E-state index contributed by atoms with van der Waals surface area (Å²) in [6, 6.07) is 17.0. The van der Waals surface area contributed by atoms with Crippen molar-refractivity contribution in [1.82, 2.24) is 14.8 Å². The molecule has 2 atom stereocenters. The van der Waals surface area contributed by atoms with E-state index in [1.165, 1.54) is 0 Å². The lowest BCUT2D eigenvalue weighted by Crippen LogP contribution is -2.54. The first-order valence-electron chi connectivity index (χ1n) is 11.2. The molecule has 2 fully saturated rings. The third-order valence-corrected chi connectivity index (χ3v) is 7.24. The number of carbonyl (C=O) groups excluding carboxylic acids is 3. The monoisotopic (exact) mass is 429 g/mol. The fourth-order valence-corrected chi connectivity index (χ4v) is 5.47. The van der Waals surface area contributed by atoms with Crippen LogP contribution in [0.4, 0.5) is 4.79 Å². The molecule has 6 nitrogen and oxygen atoms in total. The standard InChI is InChI=1S/C26H27N3O3/c1-17-10-8-9-15-26(17)24(31)29(25(32)27-26)16-21(30)22-19-13-6-7-14-20(19)28(2)23(22)18-11-4-3-5-12-18/h3-7,11-14,17H,8-10,15-16H2,1-2H3,(H,27,32)/t17-,26+/m0/s1. The van der Waals surface area contributed by atoms with E-state index in [0.717, 1.165) is 46.3 Å². The molecule has 1 N–H and O–H groups in total. The van der Waals surface area contributed by atoms with Crippen LogP contribution in [0.5, 0.6) is 0 Å². The van der Waals surface area contributed by atoms with Crippen LogP contribution in [0.3, 0.4) is 0 Å². The number of benzene rings is 2. The Morgan fingerprint density at radius 2 is 1.78 bits per heavy atom. The van der Waals surface area contributed by atoms with Crippen LogP contribution in [-0.4, -0.2) is 39.3 Å². The van der Waals surface area contributed by atoms with Crippen LogP contribution in [0, 0.1) is 5.92 Å². The van der Waals surface area contributed by atoms with Crippen molar-refractivity contribution in [3.63, 3.8) is 0 Å². The number of ketones is 1. The molecule has 2 aliphatic rings. The van der Waals surface area contributed by atoms with Gasteiger partial charge in [-0.05, 0) is 30.4 Å². The maximum atomic E-state index is 13.7. The van der Waals surface area contributed by atoms with Crippen LogP contribution in [0.2, 0.25) is 0 Å². The van der Waals surface area contributed by atoms with Gasteiger partial charge >= 0.3 is 6.03 Å². The summed E-state index contributed by atoms with van der Waals surface area (Å²) in [6.45, 7) is 1.76. The van der Waals surface area contributed by atoms with E-state index in [-0.39, 0.29) is 24.2 Å². The highest BCUT2D eigenvalue weighted by Crippen LogP contribution is 2.39. The molecule has 1 spiro atoms. The van der Waals surface area contributed by atoms with E-state index in [1.807, 2.05) is 73.1 Å². The minimum Gasteiger partial charge on any atom is -0.343 e. The first-order chi connectivity index (χ1) is 15.4. The summed E-state index contributed by atoms with van der Waals surface area (Å²) in [7, 11) is 1.94. The number of aryl methyl sites for hydroxylation is 1. The third-order valence-electron chi connectivity index (χ3n) is 7.24. The van der Waals surface area contributed by atoms with E-state index in [0.29, 0.717) is 12.0 Å². The Morgan fingerprint density at radius 1 is 1.06 bits per heavy atom. The van der Waals surface area contributed by atoms with Gasteiger partial charge in [0.15, 0.2) is 5.78 Å². The van der Waals surface area contributed by atoms with Crippen molar-refractivity contribution in [3.8, 4) is 11.3 Å². The van der Waals surface area contributed by atoms with Gasteiger partial charge in [0, 0.05) is 18.0 Å². The highest BCUT2D eigenvalue weighted by molar-refractivity contribution is 6.17. The van der Waals surface area contributed by atoms with E-state index in [1.54, 1.807) is 0 Å². The highest BCUT2D eigenvalue weighted by atomic mass is 16.2. The predicted octanol–water partition coefficient (Wildman–Crippen LogP) is 4.53. The molecule has 1 saturated heterocycles. The van der Waals surface area contributed by atoms with Crippen LogP contribution in [0.15, 0.2) is 54.6 Å². The number of hydrogen-bond acceptors (Lipinski definition) is 3. The minimum absolute atomic E-state index is 0.0604. The van der Waals surface area contributed by atoms with Gasteiger partial charge in [-0.15, -0.1) is 0 Å². The zero-order chi connectivity index (χ0) is 22.5. The second-order valence-corrected chi connectivity index (χ2v) is 9.03. The Bertz CT molecular complexity index is 1230. The molecule has 5 rings (SSSR count). The van der Waals surface area contributed by atoms with Gasteiger partial charge in [0.25, 0.3) is 5.91 Å². The number of nitrogens with zero attached hydrogens (tertiary/aromatic N) is 2. The molecule has 164 valence electrons. The van der Waals surface area contributed by atoms with Crippen LogP contribution < -0.4 is 5.32 Å². The molecule has 1 aliphatic heterocycles. The molecule has 0 unspecified atom stereocenters. The molecule has 2 heterocycles. The fraction of sp³-hybridized carbons (Fsp3) is 0.346. The number of Topliss-reactive ketones (excluding diaryl/α,β-unsaturated/α-hetero) is 1. The van der Waals surface area contributed by atoms with Crippen LogP contribution in [0.25, 0.3) is 22.2 Å². The van der Waals surface area contributed by atoms with E-state index in [4.69, 9.17) is 0 Å². The van der Waals surface area contributed by atoms with E-state index in [9.17, 15) is 14.4 Å². The minimum atomic E-state index is -0.864. The van der Waals surface area contributed by atoms with Gasteiger partial charge in [-0.3, -0.25) is 14.5 Å². The molecule has 2 aromatic carbocycles. The Hall–Kier alpha value is -3.41. The normalized spacial score (nSPS) is 23.2. The van der Waals surface area contributed by atoms with Crippen molar-refractivity contribution in [2.24, 2.45) is 13.0 Å². The van der Waals surface area contributed by atoms with Crippen LogP contribution >= 0.6 is 0 Å². The molecule has 0 radical (unpaired) electrons. The molecule has 0 bridgehead atoms. The second-order valence-electron chi connectivity index (χ2n) is 9.03. The molecule has 1 aromatic heterocycles. The predicted molar refractivity (Wildman–Crippen MR) is 123 cm³/mol. The Morgan fingerprint density at radius 3 is 2.53 bits per heavy atom. The molecule has 6 heteroatoms. The van der Waals surface area contributed by atoms with Crippen molar-refractivity contribution in [3.05, 3.63) is 60.2 Å². The zero-order valence-corrected chi connectivity index (χ0v) is 18.4. The Balaban J connectivity index is 1.55. The molecule has 3 amide bonds. The largest absolute Gasteiger partial charge is 0.343 e. The summed E-state index contributed by atoms with van der Waals surface area (Å²) in [5, 5.41) is 3.77. The van der Waals surface area contributed by atoms with E-state index in [2.05, 4.69) is 5.32 Å². The number of imide groups is 1. The second kappa shape index (κ2) is 7.62. The van der Waals surface area contributed by atoms with Gasteiger partial charge < -0.3 is 9.88 Å². The lowest BCUT2D eigenvalue weighted by Gasteiger charge is -2.36. The summed E-state index contributed by atoms with van der Waals surface area (Å²) in [4.78, 5) is 41.0. The number of carbonyl (C=O) groups is 3. The summed E-state index contributed by atoms with van der Waals surface area (Å²) in [5.41, 5.74) is 2.34. The van der Waals surface area contributed by atoms with E-state index < -0.39 is 11.6 Å². The lowest BCUT2D eigenvalue weighted by atomic mass is 9.73. The Labute approximate surface area is 187 Å². The fourth-order valence-electron chi connectivity index (χ4n) is 5.47. The zero-order valence-electron chi connectivity index (χ0n) is 18.4. The topological polar surface area (TPSA) is 71.4 Å². The summed E-state index contributed by atoms with van der Waals surface area (Å²) < 4.78 is 2.01. The maximum absolute atomic E-state index is 13.7. The number of rotatable bonds is 4. The molecule has 1 aliphatic carbocycles. The number of urea groups is 1. The molecule has 1 saturated carbocycles. The van der Waals surface area contributed by atoms with Crippen LogP contribution in [0.1, 0.15) is 43.0 Å². The van der Waals surface area contributed by atoms with Gasteiger partial charge in [0.05, 0.1) is 17.8 Å². The van der Waals surface area contributed by atoms with Crippen molar-refractivity contribution in [1.29, 1.82) is 0 Å². The summed E-state index contributed by atoms with van der Waals surface area (Å²) >= 11 is 0. The van der Waals surface area contributed by atoms with Crippen molar-refractivity contribution in [2.45, 2.75) is 38.1 Å². The maximum Gasteiger partial charge on any atom is 0.325 e. The number of amides is 3. The number of hydrogen-bond donors (Lipinski definition) is 1. The van der Waals surface area contributed by atoms with Crippen molar-refractivity contribution in [2.75, 3.05) is 6.54 Å². The quantitative estimate of drug-likeness (QED) is 0.489. The summed E-state index contributed by atoms with van der Waals surface area (Å²) in [5.74, 6) is -0.431. The molecular formula is C26H27N3O3. The lowest BCUT2D eigenvalue weighted by molar-refractivity contribution is -0.133. The molecule has 32 heavy (non-hydrogen) atoms. The summed E-state index contributed by atoms with van der Waals surface area (Å²) in [6.07, 6.45) is 3.49. The van der Waals surface area contributed by atoms with Crippen molar-refractivity contribution < 1.29 is 14.4 Å². The number of para-hydroxylation sites is 1. The molecule has 3 aromatic rings. The average Bonchev–Trinajstić information content (AvgIpc) is 3.23. The number of aromatic nitrogens is 1. The van der Waals surface area contributed by atoms with Gasteiger partial charge in [-0.25, -0.2) is 4.79 Å². The number of fused-ring (bicyclic) bond motifs is 1. The van der Waals surface area contributed by atoms with Gasteiger partial charge in [-0.2, -0.15) is 0 Å². The smallest absolute Gasteiger partial charge is 0.325 e. The third kappa shape index (κ3) is 2.97. The average molecular weight is 430 g/mol. The first-order valence-corrected chi connectivity index (χ1v) is 11.2. The van der Waals surface area contributed by atoms with Gasteiger partial charge in [-0.1, -0.05) is 68.3 Å². The van der Waals surface area contributed by atoms with E-state index >= 15 is 0 Å². The van der Waals surface area contributed by atoms with Crippen molar-refractivity contribution >= 4 is 28.6 Å². The van der Waals surface area contributed by atoms with Crippen LogP contribution in [-0.2, 0) is 11.8 Å². The van der Waals surface area contributed by atoms with Gasteiger partial charge in [0.1, 0.15) is 5.54 Å². The number of nitrogens with one attached hydrogen (secondary N) is 1. The highest BCUT2D eigenvalue weighted by Gasteiger charge is 2.55. The molecular weight excluding hydrogens is 402 g/mol. The first kappa shape index (κ1) is 20.5.